The number of piperazine rings is 1. The predicted octanol–water partition coefficient (Wildman–Crippen LogP) is 6.12. The van der Waals surface area contributed by atoms with Crippen LogP contribution < -0.4 is 9.80 Å². The minimum absolute atomic E-state index is 0.0810. The van der Waals surface area contributed by atoms with Crippen LogP contribution in [0.3, 0.4) is 0 Å². The summed E-state index contributed by atoms with van der Waals surface area (Å²) < 4.78 is 33.4. The number of hydrogen-bond donors (Lipinski definition) is 0. The number of halogens is 2. The first-order valence-corrected chi connectivity index (χ1v) is 13.4. The fourth-order valence-electron chi connectivity index (χ4n) is 4.06. The highest BCUT2D eigenvalue weighted by molar-refractivity contribution is 7.91. The van der Waals surface area contributed by atoms with Crippen LogP contribution in [-0.2, 0) is 9.84 Å². The molecule has 0 amide bonds. The van der Waals surface area contributed by atoms with Crippen LogP contribution in [0, 0.1) is 6.92 Å². The fraction of sp³-hybridized carbons (Fsp3) is 0.192. The smallest absolute Gasteiger partial charge is 0.236 e. The van der Waals surface area contributed by atoms with Crippen LogP contribution in [0.15, 0.2) is 87.1 Å². The molecule has 5 rings (SSSR count). The molecule has 1 aliphatic heterocycles. The fourth-order valence-corrected chi connectivity index (χ4v) is 5.69. The Labute approximate surface area is 214 Å². The van der Waals surface area contributed by atoms with E-state index in [0.29, 0.717) is 41.8 Å². The first kappa shape index (κ1) is 23.7. The average Bonchev–Trinajstić information content (AvgIpc) is 3.31. The highest BCUT2D eigenvalue weighted by atomic mass is 35.5. The molecule has 1 aromatic heterocycles. The van der Waals surface area contributed by atoms with Gasteiger partial charge in [-0.3, -0.25) is 0 Å². The van der Waals surface area contributed by atoms with Crippen molar-refractivity contribution in [2.24, 2.45) is 0 Å². The maximum atomic E-state index is 13.6. The normalized spacial score (nSPS) is 14.4. The lowest BCUT2D eigenvalue weighted by molar-refractivity contribution is 0.525. The summed E-state index contributed by atoms with van der Waals surface area (Å²) in [5.41, 5.74) is 2.66. The molecule has 2 heterocycles. The van der Waals surface area contributed by atoms with Gasteiger partial charge >= 0.3 is 0 Å². The quantitative estimate of drug-likeness (QED) is 0.311. The van der Waals surface area contributed by atoms with Crippen molar-refractivity contribution in [3.8, 4) is 11.5 Å². The molecule has 1 aliphatic rings. The van der Waals surface area contributed by atoms with E-state index in [2.05, 4.69) is 9.88 Å². The van der Waals surface area contributed by atoms with Crippen LogP contribution in [0.4, 0.5) is 11.6 Å². The zero-order valence-electron chi connectivity index (χ0n) is 19.0. The van der Waals surface area contributed by atoms with Crippen molar-refractivity contribution in [2.75, 3.05) is 36.0 Å². The maximum absolute atomic E-state index is 13.6. The summed E-state index contributed by atoms with van der Waals surface area (Å²) in [5.74, 6) is 0.487. The summed E-state index contributed by atoms with van der Waals surface area (Å²) in [7, 11) is -3.91. The molecule has 9 heteroatoms. The molecule has 0 atom stereocenters. The molecule has 6 nitrogen and oxygen atoms in total. The van der Waals surface area contributed by atoms with Crippen LogP contribution in [0.1, 0.15) is 5.56 Å². The van der Waals surface area contributed by atoms with Crippen molar-refractivity contribution in [2.45, 2.75) is 16.8 Å². The van der Waals surface area contributed by atoms with E-state index in [1.807, 2.05) is 36.1 Å². The average molecular weight is 528 g/mol. The first-order valence-electron chi connectivity index (χ1n) is 11.2. The van der Waals surface area contributed by atoms with Crippen molar-refractivity contribution in [3.63, 3.8) is 0 Å². The molecule has 0 aliphatic carbocycles. The molecule has 0 spiro atoms. The second-order valence-corrected chi connectivity index (χ2v) is 11.1. The Bertz CT molecular complexity index is 1440. The van der Waals surface area contributed by atoms with Gasteiger partial charge in [0, 0.05) is 47.5 Å². The Balaban J connectivity index is 1.51. The molecule has 0 N–H and O–H groups in total. The maximum Gasteiger partial charge on any atom is 0.236 e. The molecule has 0 radical (unpaired) electrons. The van der Waals surface area contributed by atoms with Gasteiger partial charge in [-0.2, -0.15) is 4.98 Å². The molecule has 1 fully saturated rings. The number of oxazole rings is 1. The third kappa shape index (κ3) is 4.89. The van der Waals surface area contributed by atoms with Crippen molar-refractivity contribution >= 4 is 44.6 Å². The first-order chi connectivity index (χ1) is 16.8. The zero-order valence-corrected chi connectivity index (χ0v) is 21.3. The summed E-state index contributed by atoms with van der Waals surface area (Å²) in [6, 6.07) is 21.4. The number of aromatic nitrogens is 1. The van der Waals surface area contributed by atoms with Crippen LogP contribution in [0.25, 0.3) is 11.5 Å². The van der Waals surface area contributed by atoms with E-state index in [9.17, 15) is 8.42 Å². The molecule has 0 bridgehead atoms. The van der Waals surface area contributed by atoms with Crippen molar-refractivity contribution in [1.29, 1.82) is 0 Å². The summed E-state index contributed by atoms with van der Waals surface area (Å²) in [6.07, 6.45) is 0. The Hall–Kier alpha value is -3.00. The Morgan fingerprint density at radius 3 is 2.14 bits per heavy atom. The van der Waals surface area contributed by atoms with Gasteiger partial charge in [-0.25, -0.2) is 8.42 Å². The van der Waals surface area contributed by atoms with E-state index in [-0.39, 0.29) is 21.7 Å². The summed E-state index contributed by atoms with van der Waals surface area (Å²) in [4.78, 5) is 8.81. The number of rotatable bonds is 5. The molecule has 35 heavy (non-hydrogen) atoms. The Morgan fingerprint density at radius 1 is 0.829 bits per heavy atom. The SMILES string of the molecule is Cc1ccc(S(=O)(=O)c2nc(-c3ccc(Cl)cc3)oc2N2CCN(c3cccc(Cl)c3)CC2)cc1. The van der Waals surface area contributed by atoms with E-state index < -0.39 is 9.84 Å². The van der Waals surface area contributed by atoms with E-state index in [0.717, 1.165) is 11.3 Å². The Morgan fingerprint density at radius 2 is 1.49 bits per heavy atom. The summed E-state index contributed by atoms with van der Waals surface area (Å²) in [5, 5.41) is 1.17. The highest BCUT2D eigenvalue weighted by Gasteiger charge is 2.33. The van der Waals surface area contributed by atoms with Crippen molar-refractivity contribution in [1.82, 2.24) is 4.98 Å². The van der Waals surface area contributed by atoms with E-state index in [1.165, 1.54) is 0 Å². The van der Waals surface area contributed by atoms with Gasteiger partial charge in [0.15, 0.2) is 0 Å². The van der Waals surface area contributed by atoms with Crippen molar-refractivity contribution in [3.05, 3.63) is 88.4 Å². The number of nitrogens with zero attached hydrogens (tertiary/aromatic N) is 3. The van der Waals surface area contributed by atoms with Crippen LogP contribution >= 0.6 is 23.2 Å². The van der Waals surface area contributed by atoms with Crippen molar-refractivity contribution < 1.29 is 12.8 Å². The van der Waals surface area contributed by atoms with E-state index in [1.54, 1.807) is 48.5 Å². The van der Waals surface area contributed by atoms with Gasteiger partial charge in [0.25, 0.3) is 0 Å². The lowest BCUT2D eigenvalue weighted by Crippen LogP contribution is -2.46. The summed E-state index contributed by atoms with van der Waals surface area (Å²) in [6.45, 7) is 4.41. The van der Waals surface area contributed by atoms with Gasteiger partial charge in [0.2, 0.25) is 26.6 Å². The predicted molar refractivity (Wildman–Crippen MR) is 139 cm³/mol. The topological polar surface area (TPSA) is 66.7 Å². The van der Waals surface area contributed by atoms with Crippen LogP contribution in [0.2, 0.25) is 10.0 Å². The second-order valence-electron chi connectivity index (χ2n) is 8.41. The third-order valence-corrected chi connectivity index (χ3v) is 8.15. The van der Waals surface area contributed by atoms with Gasteiger partial charge in [-0.15, -0.1) is 0 Å². The zero-order chi connectivity index (χ0) is 24.6. The van der Waals surface area contributed by atoms with Gasteiger partial charge in [-0.05, 0) is 61.5 Å². The molecular weight excluding hydrogens is 505 g/mol. The monoisotopic (exact) mass is 527 g/mol. The second kappa shape index (κ2) is 9.57. The number of sulfone groups is 1. The van der Waals surface area contributed by atoms with Gasteiger partial charge in [0.05, 0.1) is 4.90 Å². The van der Waals surface area contributed by atoms with Gasteiger partial charge in [-0.1, -0.05) is 47.0 Å². The molecule has 180 valence electrons. The summed E-state index contributed by atoms with van der Waals surface area (Å²) >= 11 is 12.2. The molecular formula is C26H23Cl2N3O3S. The number of aryl methyl sites for hydroxylation is 1. The van der Waals surface area contributed by atoms with Gasteiger partial charge in [0.1, 0.15) is 0 Å². The number of anilines is 2. The lowest BCUT2D eigenvalue weighted by Gasteiger charge is -2.36. The lowest BCUT2D eigenvalue weighted by atomic mass is 10.2. The standard InChI is InChI=1S/C26H23Cl2N3O3S/c1-18-5-11-23(12-6-18)35(32,33)25-26(34-24(29-25)19-7-9-20(27)10-8-19)31-15-13-30(14-16-31)22-4-2-3-21(28)17-22/h2-12,17H,13-16H2,1H3. The van der Waals surface area contributed by atoms with Crippen LogP contribution in [-0.4, -0.2) is 39.6 Å². The van der Waals surface area contributed by atoms with Crippen LogP contribution in [0.5, 0.6) is 0 Å². The molecule has 0 saturated carbocycles. The van der Waals surface area contributed by atoms with Gasteiger partial charge < -0.3 is 14.2 Å². The van der Waals surface area contributed by atoms with E-state index in [4.69, 9.17) is 27.6 Å². The third-order valence-electron chi connectivity index (χ3n) is 6.00. The Kier molecular flexibility index (Phi) is 6.49. The molecule has 4 aromatic rings. The number of benzene rings is 3. The number of hydrogen-bond acceptors (Lipinski definition) is 6. The largest absolute Gasteiger partial charge is 0.419 e. The van der Waals surface area contributed by atoms with E-state index >= 15 is 0 Å². The minimum atomic E-state index is -3.91. The molecule has 1 saturated heterocycles. The molecule has 0 unspecified atom stereocenters. The highest BCUT2D eigenvalue weighted by Crippen LogP contribution is 2.36. The minimum Gasteiger partial charge on any atom is -0.419 e. The molecule has 3 aromatic carbocycles.